The highest BCUT2D eigenvalue weighted by atomic mass is 79.9. The molecular weight excluding hydrogens is 404 g/mol. The van der Waals surface area contributed by atoms with Crippen molar-refractivity contribution in [2.75, 3.05) is 26.4 Å². The molecule has 0 radical (unpaired) electrons. The molecule has 136 valence electrons. The Morgan fingerprint density at radius 2 is 1.84 bits per heavy atom. The van der Waals surface area contributed by atoms with E-state index in [4.69, 9.17) is 25.8 Å². The predicted octanol–water partition coefficient (Wildman–Crippen LogP) is 5.51. The van der Waals surface area contributed by atoms with Crippen LogP contribution in [0.4, 0.5) is 0 Å². The maximum atomic E-state index is 6.25. The van der Waals surface area contributed by atoms with Crippen LogP contribution < -0.4 is 4.74 Å². The molecule has 2 aromatic carbocycles. The molecule has 0 saturated carbocycles. The van der Waals surface area contributed by atoms with E-state index in [-0.39, 0.29) is 6.10 Å². The standard InChI is InChI=1S/C20H24BrClO3/c1-3-23-10-11-24-15(2)14-25-19-7-4-16(5-8-19)12-17-13-18(21)6-9-20(17)22/h4-9,13,15H,3,10-12,14H2,1-2H3. The Hall–Kier alpha value is -1.07. The summed E-state index contributed by atoms with van der Waals surface area (Å²) in [5.41, 5.74) is 2.29. The smallest absolute Gasteiger partial charge is 0.119 e. The summed E-state index contributed by atoms with van der Waals surface area (Å²) in [6.45, 7) is 6.41. The maximum Gasteiger partial charge on any atom is 0.119 e. The SMILES string of the molecule is CCOCCOC(C)COc1ccc(Cc2cc(Br)ccc2Cl)cc1. The van der Waals surface area contributed by atoms with Crippen LogP contribution in [-0.4, -0.2) is 32.5 Å². The lowest BCUT2D eigenvalue weighted by atomic mass is 10.1. The molecule has 0 amide bonds. The van der Waals surface area contributed by atoms with Gasteiger partial charge in [0.15, 0.2) is 0 Å². The Labute approximate surface area is 163 Å². The Kier molecular flexibility index (Phi) is 8.76. The van der Waals surface area contributed by atoms with Gasteiger partial charge in [0.25, 0.3) is 0 Å². The molecule has 0 aliphatic carbocycles. The van der Waals surface area contributed by atoms with Crippen LogP contribution >= 0.6 is 27.5 Å². The third-order valence-electron chi connectivity index (χ3n) is 3.64. The van der Waals surface area contributed by atoms with Gasteiger partial charge in [-0.05, 0) is 61.7 Å². The molecule has 0 heterocycles. The normalized spacial score (nSPS) is 12.2. The van der Waals surface area contributed by atoms with Crippen LogP contribution in [0.3, 0.4) is 0 Å². The maximum absolute atomic E-state index is 6.25. The van der Waals surface area contributed by atoms with Crippen LogP contribution in [0.1, 0.15) is 25.0 Å². The minimum Gasteiger partial charge on any atom is -0.491 e. The fraction of sp³-hybridized carbons (Fsp3) is 0.400. The van der Waals surface area contributed by atoms with E-state index in [0.29, 0.717) is 26.4 Å². The third kappa shape index (κ3) is 7.37. The van der Waals surface area contributed by atoms with Gasteiger partial charge in [0.05, 0.1) is 19.3 Å². The van der Waals surface area contributed by atoms with E-state index in [2.05, 4.69) is 28.1 Å². The van der Waals surface area contributed by atoms with E-state index < -0.39 is 0 Å². The predicted molar refractivity (Wildman–Crippen MR) is 106 cm³/mol. The first-order valence-corrected chi connectivity index (χ1v) is 9.60. The van der Waals surface area contributed by atoms with Gasteiger partial charge in [-0.25, -0.2) is 0 Å². The summed E-state index contributed by atoms with van der Waals surface area (Å²) in [6, 6.07) is 14.0. The van der Waals surface area contributed by atoms with E-state index >= 15 is 0 Å². The quantitative estimate of drug-likeness (QED) is 0.468. The first kappa shape index (κ1) is 20.2. The summed E-state index contributed by atoms with van der Waals surface area (Å²) in [5.74, 6) is 0.837. The molecule has 1 unspecified atom stereocenters. The first-order valence-electron chi connectivity index (χ1n) is 8.43. The molecule has 1 atom stereocenters. The molecule has 0 aliphatic rings. The number of hydrogen-bond donors (Lipinski definition) is 0. The number of rotatable bonds is 10. The Morgan fingerprint density at radius 1 is 1.08 bits per heavy atom. The van der Waals surface area contributed by atoms with E-state index in [1.165, 1.54) is 5.56 Å². The third-order valence-corrected chi connectivity index (χ3v) is 4.51. The van der Waals surface area contributed by atoms with Gasteiger partial charge in [-0.3, -0.25) is 0 Å². The van der Waals surface area contributed by atoms with Gasteiger partial charge in [0.2, 0.25) is 0 Å². The van der Waals surface area contributed by atoms with E-state index in [0.717, 1.165) is 27.2 Å². The van der Waals surface area contributed by atoms with Crippen LogP contribution in [0, 0.1) is 0 Å². The monoisotopic (exact) mass is 426 g/mol. The van der Waals surface area contributed by atoms with Crippen molar-refractivity contribution < 1.29 is 14.2 Å². The second-order valence-corrected chi connectivity index (χ2v) is 7.07. The lowest BCUT2D eigenvalue weighted by Gasteiger charge is -2.14. The van der Waals surface area contributed by atoms with Gasteiger partial charge in [-0.1, -0.05) is 39.7 Å². The molecule has 3 nitrogen and oxygen atoms in total. The Balaban J connectivity index is 1.80. The van der Waals surface area contributed by atoms with Gasteiger partial charge in [0, 0.05) is 16.1 Å². The summed E-state index contributed by atoms with van der Waals surface area (Å²) in [6.07, 6.45) is 0.816. The molecule has 25 heavy (non-hydrogen) atoms. The highest BCUT2D eigenvalue weighted by Gasteiger charge is 2.05. The summed E-state index contributed by atoms with van der Waals surface area (Å²) in [4.78, 5) is 0. The van der Waals surface area contributed by atoms with Crippen molar-refractivity contribution in [1.29, 1.82) is 0 Å². The van der Waals surface area contributed by atoms with Crippen molar-refractivity contribution in [1.82, 2.24) is 0 Å². The zero-order valence-corrected chi connectivity index (χ0v) is 17.0. The van der Waals surface area contributed by atoms with E-state index in [1.807, 2.05) is 44.2 Å². The van der Waals surface area contributed by atoms with Gasteiger partial charge in [0.1, 0.15) is 12.4 Å². The number of benzene rings is 2. The largest absolute Gasteiger partial charge is 0.491 e. The summed E-state index contributed by atoms with van der Waals surface area (Å²) < 4.78 is 17.7. The molecule has 0 aliphatic heterocycles. The Bertz CT molecular complexity index is 646. The number of ether oxygens (including phenoxy) is 3. The summed E-state index contributed by atoms with van der Waals surface area (Å²) in [5, 5.41) is 0.779. The van der Waals surface area contributed by atoms with E-state index in [9.17, 15) is 0 Å². The Morgan fingerprint density at radius 3 is 2.56 bits per heavy atom. The molecular formula is C20H24BrClO3. The first-order chi connectivity index (χ1) is 12.1. The molecule has 0 N–H and O–H groups in total. The van der Waals surface area contributed by atoms with Gasteiger partial charge < -0.3 is 14.2 Å². The molecule has 0 spiro atoms. The van der Waals surface area contributed by atoms with Crippen LogP contribution in [0.15, 0.2) is 46.9 Å². The summed E-state index contributed by atoms with van der Waals surface area (Å²) >= 11 is 9.74. The van der Waals surface area contributed by atoms with Crippen molar-refractivity contribution in [3.8, 4) is 5.75 Å². The van der Waals surface area contributed by atoms with Crippen LogP contribution in [0.5, 0.6) is 5.75 Å². The second-order valence-electron chi connectivity index (χ2n) is 5.75. The van der Waals surface area contributed by atoms with E-state index in [1.54, 1.807) is 0 Å². The molecule has 0 saturated heterocycles. The van der Waals surface area contributed by atoms with Crippen LogP contribution in [-0.2, 0) is 15.9 Å². The van der Waals surface area contributed by atoms with Crippen molar-refractivity contribution in [2.45, 2.75) is 26.4 Å². The lowest BCUT2D eigenvalue weighted by molar-refractivity contribution is -0.00356. The molecule has 5 heteroatoms. The average molecular weight is 428 g/mol. The van der Waals surface area contributed by atoms with Gasteiger partial charge in [-0.2, -0.15) is 0 Å². The van der Waals surface area contributed by atoms with Gasteiger partial charge >= 0.3 is 0 Å². The van der Waals surface area contributed by atoms with Crippen molar-refractivity contribution in [3.05, 3.63) is 63.1 Å². The van der Waals surface area contributed by atoms with Crippen LogP contribution in [0.25, 0.3) is 0 Å². The fourth-order valence-electron chi connectivity index (χ4n) is 2.32. The highest BCUT2D eigenvalue weighted by molar-refractivity contribution is 9.10. The molecule has 0 fully saturated rings. The number of hydrogen-bond acceptors (Lipinski definition) is 3. The zero-order chi connectivity index (χ0) is 18.1. The molecule has 0 aromatic heterocycles. The molecule has 0 bridgehead atoms. The van der Waals surface area contributed by atoms with Crippen molar-refractivity contribution >= 4 is 27.5 Å². The highest BCUT2D eigenvalue weighted by Crippen LogP contribution is 2.24. The second kappa shape index (κ2) is 10.8. The average Bonchev–Trinajstić information content (AvgIpc) is 2.61. The topological polar surface area (TPSA) is 27.7 Å². The van der Waals surface area contributed by atoms with Crippen molar-refractivity contribution in [3.63, 3.8) is 0 Å². The van der Waals surface area contributed by atoms with Crippen molar-refractivity contribution in [2.24, 2.45) is 0 Å². The minimum atomic E-state index is 0.0283. The molecule has 2 rings (SSSR count). The fourth-order valence-corrected chi connectivity index (χ4v) is 2.91. The lowest BCUT2D eigenvalue weighted by Crippen LogP contribution is -2.20. The number of halogens is 2. The minimum absolute atomic E-state index is 0.0283. The van der Waals surface area contributed by atoms with Crippen LogP contribution in [0.2, 0.25) is 5.02 Å². The molecule has 2 aromatic rings. The zero-order valence-electron chi connectivity index (χ0n) is 14.6. The van der Waals surface area contributed by atoms with Gasteiger partial charge in [-0.15, -0.1) is 0 Å². The summed E-state index contributed by atoms with van der Waals surface area (Å²) in [7, 11) is 0.